The van der Waals surface area contributed by atoms with Gasteiger partial charge in [0, 0.05) is 118 Å². The number of hydrogen-bond donors (Lipinski definition) is 2. The summed E-state index contributed by atoms with van der Waals surface area (Å²) >= 11 is 0. The third kappa shape index (κ3) is 20.7. The molecule has 0 radical (unpaired) electrons. The molecule has 21 nitrogen and oxygen atoms in total. The van der Waals surface area contributed by atoms with Crippen molar-refractivity contribution in [3.63, 3.8) is 0 Å². The minimum atomic E-state index is -0.117. The van der Waals surface area contributed by atoms with Crippen molar-refractivity contribution in [2.75, 3.05) is 31.9 Å². The summed E-state index contributed by atoms with van der Waals surface area (Å²) < 4.78 is 7.94. The molecule has 0 saturated heterocycles. The fraction of sp³-hybridized carbons (Fsp3) is 0.315. The van der Waals surface area contributed by atoms with E-state index in [1.807, 2.05) is 154 Å². The zero-order chi connectivity index (χ0) is 105. The summed E-state index contributed by atoms with van der Waals surface area (Å²) in [6.45, 7) is 63.6. The first-order valence-corrected chi connectivity index (χ1v) is 50.1. The van der Waals surface area contributed by atoms with Crippen LogP contribution in [0.5, 0.6) is 0 Å². The molecule has 4 aliphatic heterocycles. The van der Waals surface area contributed by atoms with E-state index in [0.717, 1.165) is 199 Å². The Bertz CT molecular complexity index is 7650. The van der Waals surface area contributed by atoms with Crippen molar-refractivity contribution < 1.29 is 33.6 Å². The first-order valence-electron chi connectivity index (χ1n) is 50.1. The number of carbonyl (C=O) groups excluding carboxylic acids is 7. The number of aryl methyl sites for hydroxylation is 13. The number of fused-ring (bicyclic) bond motifs is 4. The molecule has 744 valence electrons. The second-order valence-corrected chi connectivity index (χ2v) is 44.2. The van der Waals surface area contributed by atoms with Crippen molar-refractivity contribution in [3.8, 4) is 67.8 Å². The van der Waals surface area contributed by atoms with E-state index in [0.29, 0.717) is 47.8 Å². The summed E-state index contributed by atoms with van der Waals surface area (Å²) in [4.78, 5) is 97.0. The van der Waals surface area contributed by atoms with Crippen LogP contribution in [0.1, 0.15) is 280 Å². The number of rotatable bonds is 16. The lowest BCUT2D eigenvalue weighted by molar-refractivity contribution is -0.115. The average molecular weight is 1930 g/mol. The predicted octanol–water partition coefficient (Wildman–Crippen LogP) is 27.2. The Morgan fingerprint density at radius 2 is 0.628 bits per heavy atom. The van der Waals surface area contributed by atoms with E-state index in [4.69, 9.17) is 20.4 Å². The molecule has 19 rings (SSSR count). The minimum Gasteiger partial charge on any atom is -0.326 e. The number of nitrogens with one attached hydrogen (secondary N) is 2. The van der Waals surface area contributed by atoms with Crippen LogP contribution < -0.4 is 25.3 Å². The molecule has 4 aromatic heterocycles. The third-order valence-electron chi connectivity index (χ3n) is 28.2. The van der Waals surface area contributed by atoms with Gasteiger partial charge >= 0.3 is 0 Å². The number of para-hydroxylation sites is 4. The van der Waals surface area contributed by atoms with Crippen molar-refractivity contribution in [1.82, 2.24) is 44.0 Å². The number of benzene rings is 11. The van der Waals surface area contributed by atoms with Crippen LogP contribution in [0.3, 0.4) is 0 Å². The van der Waals surface area contributed by atoms with Gasteiger partial charge in [-0.3, -0.25) is 38.5 Å². The predicted molar refractivity (Wildman–Crippen MR) is 587 cm³/mol. The van der Waals surface area contributed by atoms with Gasteiger partial charge in [0.1, 0.15) is 0 Å². The van der Waals surface area contributed by atoms with Crippen LogP contribution in [0.15, 0.2) is 212 Å². The zero-order valence-corrected chi connectivity index (χ0v) is 89.7. The van der Waals surface area contributed by atoms with E-state index in [1.54, 1.807) is 13.8 Å². The highest BCUT2D eigenvalue weighted by Crippen LogP contribution is 2.47. The quantitative estimate of drug-likeness (QED) is 0.0861. The molecular formula is C124H136N14O7. The van der Waals surface area contributed by atoms with Gasteiger partial charge in [-0.15, -0.1) is 0 Å². The summed E-state index contributed by atoms with van der Waals surface area (Å²) in [5.74, 6) is -0.367. The number of Topliss-reactive ketones (excluding diaryl/α,β-unsaturated/α-hetero) is 2. The number of hydrogen-bond acceptors (Lipinski definition) is 12. The van der Waals surface area contributed by atoms with E-state index in [2.05, 4.69) is 280 Å². The summed E-state index contributed by atoms with van der Waals surface area (Å²) in [5.41, 5.74) is 41.9. The number of amides is 5. The summed E-state index contributed by atoms with van der Waals surface area (Å²) in [6.07, 6.45) is 0. The van der Waals surface area contributed by atoms with Crippen molar-refractivity contribution in [2.45, 2.75) is 250 Å². The Morgan fingerprint density at radius 1 is 0.303 bits per heavy atom. The summed E-state index contributed by atoms with van der Waals surface area (Å²) in [5, 5.41) is 25.7. The number of nitrogens with zero attached hydrogens (tertiary/aromatic N) is 12. The maximum absolute atomic E-state index is 13.9. The summed E-state index contributed by atoms with van der Waals surface area (Å²) in [7, 11) is 0. The van der Waals surface area contributed by atoms with Gasteiger partial charge in [0.05, 0.1) is 70.9 Å². The van der Waals surface area contributed by atoms with Crippen molar-refractivity contribution in [2.24, 2.45) is 5.41 Å². The minimum absolute atomic E-state index is 0.0296. The molecule has 0 aliphatic carbocycles. The van der Waals surface area contributed by atoms with Crippen LogP contribution in [0.2, 0.25) is 0 Å². The molecule has 0 spiro atoms. The van der Waals surface area contributed by atoms with E-state index in [-0.39, 0.29) is 62.8 Å². The fourth-order valence-corrected chi connectivity index (χ4v) is 20.7. The fourth-order valence-electron chi connectivity index (χ4n) is 20.7. The Hall–Kier alpha value is -15.1. The monoisotopic (exact) mass is 1930 g/mol. The summed E-state index contributed by atoms with van der Waals surface area (Å²) in [6, 6.07) is 71.5. The molecule has 8 heterocycles. The maximum atomic E-state index is 13.9. The van der Waals surface area contributed by atoms with Gasteiger partial charge in [-0.2, -0.15) is 20.4 Å². The normalized spacial score (nSPS) is 13.4. The van der Waals surface area contributed by atoms with Crippen molar-refractivity contribution in [1.29, 1.82) is 0 Å². The largest absolute Gasteiger partial charge is 0.326 e. The first kappa shape index (κ1) is 103. The highest BCUT2D eigenvalue weighted by molar-refractivity contribution is 6.13. The van der Waals surface area contributed by atoms with E-state index < -0.39 is 0 Å². The number of ketones is 2. The molecule has 0 fully saturated rings. The SMILES string of the molecule is CC(=O)Nc1ccc(-c2c3c(nn2-c2c(C)cccc2C)C(=O)N(c2cc(C(C)(C)C)ccc2C)C3)cc1.CC(=O)Nc1ccc(-c2c3c(nn2-c2c(C)cccc2C)CN(CC(C)(C)C)C3)cc1.CC(=O)c1ccc(-c2c3c(nn2-c2c(C)cccc2C)C(=O)N(c2cc(C(C)(C)C)ccc2C)C3)c(C)c1.CC(=O)c1ccc(-c2c3c(nn2-c2c(C)cccc2C)C(=O)N(c2cc(C(C)(C)C)ccc2C)C3)cc1C. The average Bonchev–Trinajstić information content (AvgIpc) is 1.59. The Labute approximate surface area is 854 Å². The molecule has 145 heavy (non-hydrogen) atoms. The lowest BCUT2D eigenvalue weighted by Crippen LogP contribution is -2.28. The van der Waals surface area contributed by atoms with Gasteiger partial charge in [-0.05, 0) is 269 Å². The van der Waals surface area contributed by atoms with Crippen LogP contribution >= 0.6 is 0 Å². The van der Waals surface area contributed by atoms with Crippen LogP contribution in [0, 0.1) is 95.4 Å². The van der Waals surface area contributed by atoms with Crippen LogP contribution in [-0.4, -0.2) is 91.7 Å². The van der Waals surface area contributed by atoms with Crippen LogP contribution in [0.25, 0.3) is 67.8 Å². The van der Waals surface area contributed by atoms with Gasteiger partial charge in [0.2, 0.25) is 11.8 Å². The van der Waals surface area contributed by atoms with Crippen LogP contribution in [-0.2, 0) is 58.6 Å². The second kappa shape index (κ2) is 39.9. The lowest BCUT2D eigenvalue weighted by atomic mass is 9.86. The van der Waals surface area contributed by atoms with Gasteiger partial charge in [-0.1, -0.05) is 241 Å². The van der Waals surface area contributed by atoms with Gasteiger partial charge in [-0.25, -0.2) is 18.7 Å². The molecule has 0 saturated carbocycles. The number of carbonyl (C=O) groups is 7. The van der Waals surface area contributed by atoms with E-state index in [1.165, 1.54) is 47.2 Å². The zero-order valence-electron chi connectivity index (χ0n) is 89.7. The lowest BCUT2D eigenvalue weighted by Gasteiger charge is -2.26. The standard InChI is InChI=1S/2C33H35N3O2.C32H34N4O2.C26H32N4O/c1-19-12-14-25(33(6,7)8)17-28(19)35-18-27-29(32(35)38)34-36(30-20(2)10-9-11-21(30)3)31(27)24-13-15-26(23(5)37)22(4)16-24;1-19-12-14-25(33(6,7)8)17-28(19)35-18-27-29(32(35)38)34-36(30-20(2)10-9-11-21(30)3)31(27)26-15-13-24(23(5)37)16-22(26)4;1-19-11-14-24(32(5,6)7)17-27(19)35-18-26-28(31(35)38)34-36(29-20(2)9-8-10-21(29)3)30(26)23-12-15-25(16-13-23)33-22(4)37;1-17-8-7-9-18(2)24(17)30-25(20-10-12-21(13-11-20)27-19(3)31)22-14-29(15-23(22)28-30)16-26(4,5)6/h2*9-17H,18H2,1-8H3;8-17H,18H2,1-7H3,(H,33,37);7-13H,14-16H2,1-6H3,(H,27,31). The number of anilines is 5. The third-order valence-corrected chi connectivity index (χ3v) is 28.2. The topological polar surface area (TPSA) is 228 Å². The number of aromatic nitrogens is 8. The Kier molecular flexibility index (Phi) is 28.3. The van der Waals surface area contributed by atoms with Gasteiger partial charge < -0.3 is 25.3 Å². The molecule has 15 aromatic rings. The van der Waals surface area contributed by atoms with E-state index >= 15 is 0 Å². The molecule has 0 atom stereocenters. The van der Waals surface area contributed by atoms with Gasteiger partial charge in [0.25, 0.3) is 17.7 Å². The molecule has 0 bridgehead atoms. The molecule has 0 unspecified atom stereocenters. The van der Waals surface area contributed by atoms with Crippen LogP contribution in [0.4, 0.5) is 28.4 Å². The highest BCUT2D eigenvalue weighted by Gasteiger charge is 2.43. The van der Waals surface area contributed by atoms with Gasteiger partial charge in [0.15, 0.2) is 28.6 Å². The van der Waals surface area contributed by atoms with Crippen molar-refractivity contribution in [3.05, 3.63) is 357 Å². The Morgan fingerprint density at radius 3 is 0.945 bits per heavy atom. The second-order valence-electron chi connectivity index (χ2n) is 44.2. The highest BCUT2D eigenvalue weighted by atomic mass is 16.2. The van der Waals surface area contributed by atoms with Crippen molar-refractivity contribution >= 4 is 69.5 Å². The smallest absolute Gasteiger partial charge is 0.279 e. The molecule has 5 amide bonds. The molecular weight excluding hydrogens is 1800 g/mol. The molecule has 4 aliphatic rings. The Balaban J connectivity index is 0.000000139. The maximum Gasteiger partial charge on any atom is 0.279 e. The molecule has 21 heteroatoms. The van der Waals surface area contributed by atoms with E-state index in [9.17, 15) is 33.6 Å². The first-order chi connectivity index (χ1) is 68.3. The molecule has 11 aromatic carbocycles. The molecule has 2 N–H and O–H groups in total.